The molecule has 0 bridgehead atoms. The van der Waals surface area contributed by atoms with E-state index in [0.717, 1.165) is 6.08 Å². The molecule has 0 aliphatic carbocycles. The van der Waals surface area contributed by atoms with Crippen molar-refractivity contribution in [1.29, 1.82) is 5.26 Å². The van der Waals surface area contributed by atoms with Crippen LogP contribution in [0, 0.1) is 17.1 Å². The summed E-state index contributed by atoms with van der Waals surface area (Å²) in [5, 5.41) is 11.5. The van der Waals surface area contributed by atoms with E-state index in [-0.39, 0.29) is 16.1 Å². The molecule has 0 aliphatic heterocycles. The molecular weight excluding hydrogens is 359 g/mol. The van der Waals surface area contributed by atoms with Gasteiger partial charge in [-0.2, -0.15) is 5.26 Å². The minimum atomic E-state index is -1.08. The molecule has 0 heterocycles. The van der Waals surface area contributed by atoms with Gasteiger partial charge in [0.25, 0.3) is 5.91 Å². The molecule has 0 aliphatic rings. The Balaban J connectivity index is 1.94. The highest BCUT2D eigenvalue weighted by atomic mass is 35.5. The second-order valence-electron chi connectivity index (χ2n) is 5.23. The Bertz CT molecular complexity index is 906. The van der Waals surface area contributed by atoms with Crippen molar-refractivity contribution in [2.75, 3.05) is 5.32 Å². The number of carbonyl (C=O) groups is 2. The first kappa shape index (κ1) is 19.2. The van der Waals surface area contributed by atoms with Gasteiger partial charge in [0.15, 0.2) is 6.10 Å². The fourth-order valence-corrected chi connectivity index (χ4v) is 2.19. The Morgan fingerprint density at radius 2 is 2.04 bits per heavy atom. The van der Waals surface area contributed by atoms with Gasteiger partial charge in [-0.1, -0.05) is 29.8 Å². The summed E-state index contributed by atoms with van der Waals surface area (Å²) in [4.78, 5) is 23.8. The van der Waals surface area contributed by atoms with Crippen molar-refractivity contribution in [1.82, 2.24) is 0 Å². The smallest absolute Gasteiger partial charge is 0.331 e. The monoisotopic (exact) mass is 372 g/mol. The molecule has 0 aromatic heterocycles. The predicted octanol–water partition coefficient (Wildman–Crippen LogP) is 3.93. The number of nitrogens with one attached hydrogen (secondary N) is 1. The Labute approximate surface area is 154 Å². The van der Waals surface area contributed by atoms with Crippen molar-refractivity contribution < 1.29 is 18.7 Å². The standard InChI is InChI=1S/C19H14ClFN2O3/c1-12(19(25)23-15-8-6-14(11-22)16(20)10-15)26-18(24)9-7-13-4-2-3-5-17(13)21/h2-10,12H,1H3,(H,23,25)/b9-7+/t12-/m0/s1. The lowest BCUT2D eigenvalue weighted by molar-refractivity contribution is -0.148. The van der Waals surface area contributed by atoms with Gasteiger partial charge in [0, 0.05) is 17.3 Å². The molecule has 26 heavy (non-hydrogen) atoms. The zero-order valence-electron chi connectivity index (χ0n) is 13.7. The highest BCUT2D eigenvalue weighted by molar-refractivity contribution is 6.32. The quantitative estimate of drug-likeness (QED) is 0.637. The van der Waals surface area contributed by atoms with Crippen molar-refractivity contribution in [3.05, 3.63) is 70.5 Å². The van der Waals surface area contributed by atoms with Gasteiger partial charge in [0.1, 0.15) is 11.9 Å². The molecule has 2 rings (SSSR count). The van der Waals surface area contributed by atoms with Crippen LogP contribution in [0.3, 0.4) is 0 Å². The number of anilines is 1. The van der Waals surface area contributed by atoms with Gasteiger partial charge in [-0.15, -0.1) is 0 Å². The number of nitrogens with zero attached hydrogens (tertiary/aromatic N) is 1. The van der Waals surface area contributed by atoms with Crippen LogP contribution in [0.1, 0.15) is 18.1 Å². The van der Waals surface area contributed by atoms with Crippen molar-refractivity contribution in [3.63, 3.8) is 0 Å². The van der Waals surface area contributed by atoms with Crippen molar-refractivity contribution in [2.45, 2.75) is 13.0 Å². The predicted molar refractivity (Wildman–Crippen MR) is 95.8 cm³/mol. The van der Waals surface area contributed by atoms with Crippen molar-refractivity contribution in [3.8, 4) is 6.07 Å². The first-order chi connectivity index (χ1) is 12.4. The van der Waals surface area contributed by atoms with E-state index in [1.54, 1.807) is 6.07 Å². The molecule has 0 unspecified atom stereocenters. The zero-order chi connectivity index (χ0) is 19.1. The first-order valence-electron chi connectivity index (χ1n) is 7.54. The molecule has 0 saturated heterocycles. The maximum absolute atomic E-state index is 13.5. The SMILES string of the molecule is C[C@H](OC(=O)/C=C/c1ccccc1F)C(=O)Nc1ccc(C#N)c(Cl)c1. The normalized spacial score (nSPS) is 11.6. The Kier molecular flexibility index (Phi) is 6.48. The summed E-state index contributed by atoms with van der Waals surface area (Å²) in [6.07, 6.45) is 1.23. The van der Waals surface area contributed by atoms with Gasteiger partial charge in [-0.3, -0.25) is 4.79 Å². The van der Waals surface area contributed by atoms with Gasteiger partial charge in [-0.25, -0.2) is 9.18 Å². The van der Waals surface area contributed by atoms with Crippen LogP contribution in [-0.2, 0) is 14.3 Å². The number of hydrogen-bond acceptors (Lipinski definition) is 4. The highest BCUT2D eigenvalue weighted by Gasteiger charge is 2.17. The number of ether oxygens (including phenoxy) is 1. The van der Waals surface area contributed by atoms with Crippen LogP contribution in [0.4, 0.5) is 10.1 Å². The lowest BCUT2D eigenvalue weighted by Crippen LogP contribution is -2.29. The van der Waals surface area contributed by atoms with Gasteiger partial charge in [0.2, 0.25) is 0 Å². The van der Waals surface area contributed by atoms with Gasteiger partial charge < -0.3 is 10.1 Å². The molecule has 132 valence electrons. The Morgan fingerprint density at radius 1 is 1.31 bits per heavy atom. The maximum atomic E-state index is 13.5. The second kappa shape index (κ2) is 8.79. The summed E-state index contributed by atoms with van der Waals surface area (Å²) in [5.74, 6) is -1.83. The summed E-state index contributed by atoms with van der Waals surface area (Å²) in [5.41, 5.74) is 0.875. The van der Waals surface area contributed by atoms with Crippen LogP contribution in [0.5, 0.6) is 0 Å². The Morgan fingerprint density at radius 3 is 2.69 bits per heavy atom. The van der Waals surface area contributed by atoms with Crippen LogP contribution in [-0.4, -0.2) is 18.0 Å². The maximum Gasteiger partial charge on any atom is 0.331 e. The van der Waals surface area contributed by atoms with E-state index in [4.69, 9.17) is 21.6 Å². The van der Waals surface area contributed by atoms with E-state index in [1.807, 2.05) is 6.07 Å². The number of esters is 1. The molecule has 0 radical (unpaired) electrons. The molecule has 0 saturated carbocycles. The first-order valence-corrected chi connectivity index (χ1v) is 7.92. The lowest BCUT2D eigenvalue weighted by atomic mass is 10.2. The van der Waals surface area contributed by atoms with Gasteiger partial charge in [-0.05, 0) is 37.3 Å². The third-order valence-electron chi connectivity index (χ3n) is 3.32. The van der Waals surface area contributed by atoms with Crippen LogP contribution >= 0.6 is 11.6 Å². The molecule has 1 amide bonds. The van der Waals surface area contributed by atoms with E-state index in [9.17, 15) is 14.0 Å². The van der Waals surface area contributed by atoms with Crippen LogP contribution in [0.15, 0.2) is 48.5 Å². The fraction of sp³-hybridized carbons (Fsp3) is 0.105. The zero-order valence-corrected chi connectivity index (χ0v) is 14.5. The summed E-state index contributed by atoms with van der Waals surface area (Å²) >= 11 is 5.89. The molecule has 0 spiro atoms. The minimum absolute atomic E-state index is 0.197. The summed E-state index contributed by atoms with van der Waals surface area (Å²) < 4.78 is 18.4. The van der Waals surface area contributed by atoms with E-state index in [0.29, 0.717) is 5.69 Å². The minimum Gasteiger partial charge on any atom is -0.449 e. The second-order valence-corrected chi connectivity index (χ2v) is 5.64. The molecule has 5 nitrogen and oxygen atoms in total. The van der Waals surface area contributed by atoms with Crippen LogP contribution in [0.2, 0.25) is 5.02 Å². The average molecular weight is 373 g/mol. The molecule has 2 aromatic carbocycles. The van der Waals surface area contributed by atoms with E-state index < -0.39 is 23.8 Å². The molecule has 7 heteroatoms. The summed E-state index contributed by atoms with van der Waals surface area (Å²) in [6, 6.07) is 12.2. The fourth-order valence-electron chi connectivity index (χ4n) is 1.96. The number of nitriles is 1. The third-order valence-corrected chi connectivity index (χ3v) is 3.64. The van der Waals surface area contributed by atoms with E-state index in [1.165, 1.54) is 49.4 Å². The molecule has 1 N–H and O–H groups in total. The van der Waals surface area contributed by atoms with Crippen LogP contribution in [0.25, 0.3) is 6.08 Å². The molecule has 1 atom stereocenters. The molecule has 0 fully saturated rings. The lowest BCUT2D eigenvalue weighted by Gasteiger charge is -2.12. The van der Waals surface area contributed by atoms with E-state index in [2.05, 4.69) is 5.32 Å². The van der Waals surface area contributed by atoms with Gasteiger partial charge in [0.05, 0.1) is 10.6 Å². The van der Waals surface area contributed by atoms with Crippen LogP contribution < -0.4 is 5.32 Å². The summed E-state index contributed by atoms with van der Waals surface area (Å²) in [7, 11) is 0. The average Bonchev–Trinajstić information content (AvgIpc) is 2.61. The topological polar surface area (TPSA) is 79.2 Å². The largest absolute Gasteiger partial charge is 0.449 e. The highest BCUT2D eigenvalue weighted by Crippen LogP contribution is 2.20. The number of rotatable bonds is 5. The third kappa shape index (κ3) is 5.16. The van der Waals surface area contributed by atoms with Crippen molar-refractivity contribution >= 4 is 35.2 Å². The number of hydrogen-bond donors (Lipinski definition) is 1. The Hall–Kier alpha value is -3.17. The molecular formula is C19H14ClFN2O3. The van der Waals surface area contributed by atoms with E-state index >= 15 is 0 Å². The number of halogens is 2. The molecule has 2 aromatic rings. The van der Waals surface area contributed by atoms with Gasteiger partial charge >= 0.3 is 5.97 Å². The number of amides is 1. The summed E-state index contributed by atoms with van der Waals surface area (Å²) in [6.45, 7) is 1.40. The number of carbonyl (C=O) groups excluding carboxylic acids is 2. The number of benzene rings is 2. The van der Waals surface area contributed by atoms with Crippen molar-refractivity contribution in [2.24, 2.45) is 0 Å².